The lowest BCUT2D eigenvalue weighted by atomic mass is 9.87. The fourth-order valence-electron chi connectivity index (χ4n) is 2.92. The van der Waals surface area contributed by atoms with Gasteiger partial charge in [-0.15, -0.1) is 0 Å². The van der Waals surface area contributed by atoms with Crippen molar-refractivity contribution in [3.05, 3.63) is 36.3 Å². The van der Waals surface area contributed by atoms with E-state index in [9.17, 15) is 9.59 Å². The fourth-order valence-corrected chi connectivity index (χ4v) is 2.92. The molecule has 1 fully saturated rings. The third kappa shape index (κ3) is 5.14. The van der Waals surface area contributed by atoms with E-state index in [0.29, 0.717) is 19.7 Å². The van der Waals surface area contributed by atoms with Crippen molar-refractivity contribution < 1.29 is 18.7 Å². The van der Waals surface area contributed by atoms with Gasteiger partial charge in [-0.3, -0.25) is 9.69 Å². The molecule has 2 aliphatic rings. The van der Waals surface area contributed by atoms with Gasteiger partial charge in [0.15, 0.2) is 5.67 Å². The van der Waals surface area contributed by atoms with Crippen LogP contribution in [0.5, 0.6) is 0 Å². The summed E-state index contributed by atoms with van der Waals surface area (Å²) in [6.07, 6.45) is 8.46. The van der Waals surface area contributed by atoms with Gasteiger partial charge in [0, 0.05) is 49.6 Å². The number of likely N-dealkylation sites (tertiary alicyclic amines) is 1. The molecule has 6 nitrogen and oxygen atoms in total. The summed E-state index contributed by atoms with van der Waals surface area (Å²) in [5.41, 5.74) is -1.45. The van der Waals surface area contributed by atoms with Gasteiger partial charge in [-0.1, -0.05) is 13.8 Å². The van der Waals surface area contributed by atoms with E-state index >= 15 is 4.39 Å². The number of carbonyl (C=O) groups excluding carboxylic acids is 2. The summed E-state index contributed by atoms with van der Waals surface area (Å²) in [6, 6.07) is 0. The zero-order valence-electron chi connectivity index (χ0n) is 17.5. The summed E-state index contributed by atoms with van der Waals surface area (Å²) >= 11 is 0. The van der Waals surface area contributed by atoms with E-state index < -0.39 is 23.2 Å². The van der Waals surface area contributed by atoms with Crippen LogP contribution in [0.4, 0.5) is 9.18 Å². The van der Waals surface area contributed by atoms with Gasteiger partial charge in [-0.2, -0.15) is 0 Å². The number of halogens is 1. The Morgan fingerprint density at radius 3 is 2.50 bits per heavy atom. The summed E-state index contributed by atoms with van der Waals surface area (Å²) in [5, 5.41) is 2.87. The minimum atomic E-state index is -1.86. The number of allylic oxidation sites excluding steroid dienone is 3. The summed E-state index contributed by atoms with van der Waals surface area (Å²) in [4.78, 5) is 27.8. The van der Waals surface area contributed by atoms with Crippen LogP contribution in [0.15, 0.2) is 36.3 Å². The SMILES string of the molecule is CCOC(=O)N1C=CC=C(N2CCC(F)(C(=O)NC(C)(C)C(C)C)CC2)C=C1. The Bertz CT molecular complexity index is 674. The number of amides is 2. The first-order chi connectivity index (χ1) is 13.1. The number of hydrogen-bond donors (Lipinski definition) is 1. The number of piperidine rings is 1. The molecule has 0 unspecified atom stereocenters. The molecule has 156 valence electrons. The second-order valence-electron chi connectivity index (χ2n) is 8.14. The zero-order chi connectivity index (χ0) is 20.9. The Morgan fingerprint density at radius 2 is 1.93 bits per heavy atom. The first-order valence-corrected chi connectivity index (χ1v) is 9.87. The van der Waals surface area contributed by atoms with Crippen molar-refractivity contribution in [1.29, 1.82) is 0 Å². The van der Waals surface area contributed by atoms with Crippen LogP contribution in [-0.4, -0.2) is 52.7 Å². The maximum Gasteiger partial charge on any atom is 0.417 e. The number of nitrogens with zero attached hydrogens (tertiary/aromatic N) is 2. The number of rotatable bonds is 5. The Balaban J connectivity index is 1.97. The van der Waals surface area contributed by atoms with Crippen molar-refractivity contribution in [1.82, 2.24) is 15.1 Å². The number of hydrogen-bond acceptors (Lipinski definition) is 4. The van der Waals surface area contributed by atoms with Gasteiger partial charge in [0.25, 0.3) is 5.91 Å². The molecular formula is C21H32FN3O3. The van der Waals surface area contributed by atoms with Crippen LogP contribution in [0.1, 0.15) is 47.5 Å². The molecule has 1 N–H and O–H groups in total. The largest absolute Gasteiger partial charge is 0.449 e. The molecule has 2 amide bonds. The Hall–Kier alpha value is -2.31. The maximum absolute atomic E-state index is 15.3. The quantitative estimate of drug-likeness (QED) is 0.773. The highest BCUT2D eigenvalue weighted by molar-refractivity contribution is 5.85. The van der Waals surface area contributed by atoms with Crippen LogP contribution in [0, 0.1) is 5.92 Å². The number of carbonyl (C=O) groups is 2. The highest BCUT2D eigenvalue weighted by atomic mass is 19.1. The minimum absolute atomic E-state index is 0.128. The van der Waals surface area contributed by atoms with Crippen LogP contribution >= 0.6 is 0 Å². The molecule has 0 aliphatic carbocycles. The highest BCUT2D eigenvalue weighted by Crippen LogP contribution is 2.30. The fraction of sp³-hybridized carbons (Fsp3) is 0.619. The Labute approximate surface area is 167 Å². The standard InChI is InChI=1S/C21H32FN3O3/c1-6-28-19(27)25-12-7-8-17(9-13-25)24-14-10-21(22,11-15-24)18(26)23-20(4,5)16(2)3/h7-9,12-13,16H,6,10-11,14-15H2,1-5H3,(H,23,26). The minimum Gasteiger partial charge on any atom is -0.449 e. The second kappa shape index (κ2) is 8.80. The monoisotopic (exact) mass is 393 g/mol. The summed E-state index contributed by atoms with van der Waals surface area (Å²) in [5.74, 6) is -0.319. The van der Waals surface area contributed by atoms with Gasteiger partial charge < -0.3 is 15.0 Å². The van der Waals surface area contributed by atoms with Crippen LogP contribution in [-0.2, 0) is 9.53 Å². The van der Waals surface area contributed by atoms with Crippen molar-refractivity contribution in [3.8, 4) is 0 Å². The third-order valence-corrected chi connectivity index (χ3v) is 5.61. The van der Waals surface area contributed by atoms with Gasteiger partial charge in [-0.25, -0.2) is 9.18 Å². The first kappa shape index (κ1) is 22.0. The van der Waals surface area contributed by atoms with Crippen LogP contribution < -0.4 is 5.32 Å². The topological polar surface area (TPSA) is 61.9 Å². The number of ether oxygens (including phenoxy) is 1. The molecule has 0 aromatic carbocycles. The highest BCUT2D eigenvalue weighted by Gasteiger charge is 2.44. The summed E-state index contributed by atoms with van der Waals surface area (Å²) in [7, 11) is 0. The molecule has 7 heteroatoms. The lowest BCUT2D eigenvalue weighted by Gasteiger charge is -2.39. The van der Waals surface area contributed by atoms with Gasteiger partial charge in [-0.05, 0) is 44.9 Å². The molecule has 2 aliphatic heterocycles. The van der Waals surface area contributed by atoms with Crippen molar-refractivity contribution in [2.24, 2.45) is 5.92 Å². The molecule has 0 spiro atoms. The predicted molar refractivity (Wildman–Crippen MR) is 107 cm³/mol. The van der Waals surface area contributed by atoms with E-state index in [1.165, 1.54) is 4.90 Å². The summed E-state index contributed by atoms with van der Waals surface area (Å²) < 4.78 is 20.3. The van der Waals surface area contributed by atoms with E-state index in [1.54, 1.807) is 31.5 Å². The Kier molecular flexibility index (Phi) is 6.91. The molecule has 0 aromatic rings. The van der Waals surface area contributed by atoms with Gasteiger partial charge in [0.05, 0.1) is 6.61 Å². The van der Waals surface area contributed by atoms with E-state index in [1.807, 2.05) is 38.7 Å². The van der Waals surface area contributed by atoms with Crippen LogP contribution in [0.3, 0.4) is 0 Å². The molecule has 2 heterocycles. The second-order valence-corrected chi connectivity index (χ2v) is 8.14. The van der Waals surface area contributed by atoms with Gasteiger partial charge in [0.2, 0.25) is 0 Å². The van der Waals surface area contributed by atoms with Crippen molar-refractivity contribution in [2.75, 3.05) is 19.7 Å². The number of alkyl halides is 1. The van der Waals surface area contributed by atoms with Crippen LogP contribution in [0.25, 0.3) is 0 Å². The molecule has 0 bridgehead atoms. The van der Waals surface area contributed by atoms with E-state index in [0.717, 1.165) is 5.70 Å². The zero-order valence-corrected chi connectivity index (χ0v) is 17.5. The average Bonchev–Trinajstić information content (AvgIpc) is 2.88. The lowest BCUT2D eigenvalue weighted by molar-refractivity contribution is -0.138. The molecule has 28 heavy (non-hydrogen) atoms. The first-order valence-electron chi connectivity index (χ1n) is 9.87. The van der Waals surface area contributed by atoms with Crippen LogP contribution in [0.2, 0.25) is 0 Å². The average molecular weight is 394 g/mol. The molecule has 0 atom stereocenters. The molecule has 0 aromatic heterocycles. The van der Waals surface area contributed by atoms with Crippen molar-refractivity contribution in [2.45, 2.75) is 58.7 Å². The van der Waals surface area contributed by atoms with Gasteiger partial charge >= 0.3 is 6.09 Å². The third-order valence-electron chi connectivity index (χ3n) is 5.61. The predicted octanol–water partition coefficient (Wildman–Crippen LogP) is 3.72. The molecule has 1 saturated heterocycles. The van der Waals surface area contributed by atoms with E-state index in [-0.39, 0.29) is 18.8 Å². The smallest absolute Gasteiger partial charge is 0.417 e. The molecule has 0 radical (unpaired) electrons. The van der Waals surface area contributed by atoms with Crippen molar-refractivity contribution >= 4 is 12.0 Å². The normalized spacial score (nSPS) is 19.3. The Morgan fingerprint density at radius 1 is 1.29 bits per heavy atom. The van der Waals surface area contributed by atoms with Crippen molar-refractivity contribution in [3.63, 3.8) is 0 Å². The molecule has 2 rings (SSSR count). The van der Waals surface area contributed by atoms with E-state index in [2.05, 4.69) is 5.32 Å². The maximum atomic E-state index is 15.3. The van der Waals surface area contributed by atoms with E-state index in [4.69, 9.17) is 4.74 Å². The lowest BCUT2D eigenvalue weighted by Crippen LogP contribution is -2.57. The van der Waals surface area contributed by atoms with Gasteiger partial charge in [0.1, 0.15) is 0 Å². The number of nitrogens with one attached hydrogen (secondary N) is 1. The molecule has 0 saturated carbocycles. The molecular weight excluding hydrogens is 361 g/mol. The summed E-state index contributed by atoms with van der Waals surface area (Å²) in [6.45, 7) is 10.7.